The molecule has 0 aliphatic heterocycles. The predicted molar refractivity (Wildman–Crippen MR) is 46.6 cm³/mol. The molecule has 6 nitrogen and oxygen atoms in total. The molecule has 0 saturated heterocycles. The fraction of sp³-hybridized carbons (Fsp3) is 0. The van der Waals surface area contributed by atoms with E-state index in [1.54, 1.807) is 18.2 Å². The fourth-order valence-electron chi connectivity index (χ4n) is 1.14. The summed E-state index contributed by atoms with van der Waals surface area (Å²) in [5.41, 5.74) is 0.614. The summed E-state index contributed by atoms with van der Waals surface area (Å²) in [5.74, 6) is -0.728. The van der Waals surface area contributed by atoms with Crippen LogP contribution in [-0.2, 0) is 0 Å². The highest BCUT2D eigenvalue weighted by atomic mass is 16.4. The largest absolute Gasteiger partial charge is 0.478 e. The molecule has 0 unspecified atom stereocenters. The third kappa shape index (κ3) is 1.33. The molecule has 2 rings (SSSR count). The number of carboxylic acid groups (broad SMARTS) is 1. The Hall–Kier alpha value is -2.24. The van der Waals surface area contributed by atoms with Crippen molar-refractivity contribution >= 4 is 5.97 Å². The molecular weight excluding hydrogens is 184 g/mol. The highest BCUT2D eigenvalue weighted by molar-refractivity contribution is 5.94. The Morgan fingerprint density at radius 3 is 2.79 bits per heavy atom. The number of benzene rings is 1. The Bertz CT molecular complexity index is 452. The van der Waals surface area contributed by atoms with Crippen LogP contribution < -0.4 is 0 Å². The molecule has 0 fully saturated rings. The fourth-order valence-corrected chi connectivity index (χ4v) is 1.14. The molecule has 0 amide bonds. The Kier molecular flexibility index (Phi) is 1.94. The Labute approximate surface area is 78.6 Å². The van der Waals surface area contributed by atoms with Crippen LogP contribution in [0.5, 0.6) is 0 Å². The van der Waals surface area contributed by atoms with Gasteiger partial charge < -0.3 is 5.11 Å². The van der Waals surface area contributed by atoms with Crippen molar-refractivity contribution in [3.8, 4) is 11.4 Å². The third-order valence-electron chi connectivity index (χ3n) is 1.74. The molecule has 0 spiro atoms. The van der Waals surface area contributed by atoms with Gasteiger partial charge in [0, 0.05) is 5.56 Å². The van der Waals surface area contributed by atoms with Crippen molar-refractivity contribution in [3.05, 3.63) is 29.8 Å². The van der Waals surface area contributed by atoms with Crippen LogP contribution >= 0.6 is 0 Å². The van der Waals surface area contributed by atoms with E-state index in [0.29, 0.717) is 5.56 Å². The summed E-state index contributed by atoms with van der Waals surface area (Å²) in [6.07, 6.45) is 0. The van der Waals surface area contributed by atoms with E-state index >= 15 is 0 Å². The second kappa shape index (κ2) is 3.25. The smallest absolute Gasteiger partial charge is 0.336 e. The van der Waals surface area contributed by atoms with Crippen LogP contribution in [0.15, 0.2) is 24.3 Å². The lowest BCUT2D eigenvalue weighted by Crippen LogP contribution is -1.99. The van der Waals surface area contributed by atoms with Crippen LogP contribution in [0.3, 0.4) is 0 Å². The molecule has 0 radical (unpaired) electrons. The van der Waals surface area contributed by atoms with Crippen molar-refractivity contribution in [2.75, 3.05) is 0 Å². The SMILES string of the molecule is O=C(O)c1ccccc1-c1nn[nH]n1. The van der Waals surface area contributed by atoms with Gasteiger partial charge in [-0.15, -0.1) is 10.2 Å². The molecule has 0 bridgehead atoms. The molecule has 70 valence electrons. The number of carboxylic acids is 1. The first-order chi connectivity index (χ1) is 6.79. The maximum absolute atomic E-state index is 10.8. The second-order valence-corrected chi connectivity index (χ2v) is 2.59. The van der Waals surface area contributed by atoms with E-state index in [1.165, 1.54) is 6.07 Å². The van der Waals surface area contributed by atoms with Crippen molar-refractivity contribution in [3.63, 3.8) is 0 Å². The van der Waals surface area contributed by atoms with Crippen LogP contribution in [0.4, 0.5) is 0 Å². The van der Waals surface area contributed by atoms with Crippen LogP contribution in [0, 0.1) is 0 Å². The van der Waals surface area contributed by atoms with Crippen molar-refractivity contribution in [1.82, 2.24) is 20.6 Å². The van der Waals surface area contributed by atoms with Gasteiger partial charge in [-0.1, -0.05) is 18.2 Å². The van der Waals surface area contributed by atoms with Gasteiger partial charge in [-0.25, -0.2) is 4.79 Å². The zero-order valence-electron chi connectivity index (χ0n) is 7.01. The van der Waals surface area contributed by atoms with Gasteiger partial charge in [0.25, 0.3) is 0 Å². The monoisotopic (exact) mass is 190 g/mol. The number of nitrogens with zero attached hydrogens (tertiary/aromatic N) is 3. The molecule has 1 aromatic carbocycles. The maximum Gasteiger partial charge on any atom is 0.336 e. The first kappa shape index (κ1) is 8.36. The molecule has 14 heavy (non-hydrogen) atoms. The molecule has 2 N–H and O–H groups in total. The first-order valence-corrected chi connectivity index (χ1v) is 3.85. The van der Waals surface area contributed by atoms with Crippen LogP contribution in [0.25, 0.3) is 11.4 Å². The minimum absolute atomic E-state index is 0.161. The minimum Gasteiger partial charge on any atom is -0.478 e. The quantitative estimate of drug-likeness (QED) is 0.722. The molecule has 1 aromatic heterocycles. The lowest BCUT2D eigenvalue weighted by Gasteiger charge is -1.99. The lowest BCUT2D eigenvalue weighted by molar-refractivity contribution is 0.0697. The maximum atomic E-state index is 10.8. The molecule has 0 aliphatic rings. The zero-order valence-corrected chi connectivity index (χ0v) is 7.01. The Morgan fingerprint density at radius 1 is 1.36 bits per heavy atom. The highest BCUT2D eigenvalue weighted by Gasteiger charge is 2.13. The summed E-state index contributed by atoms with van der Waals surface area (Å²) < 4.78 is 0. The van der Waals surface area contributed by atoms with Gasteiger partial charge in [-0.05, 0) is 11.3 Å². The normalized spacial score (nSPS) is 10.0. The van der Waals surface area contributed by atoms with E-state index in [1.807, 2.05) is 0 Å². The predicted octanol–water partition coefficient (Wildman–Crippen LogP) is 0.565. The van der Waals surface area contributed by atoms with Gasteiger partial charge in [-0.2, -0.15) is 5.21 Å². The summed E-state index contributed by atoms with van der Waals surface area (Å²) in [7, 11) is 0. The third-order valence-corrected chi connectivity index (χ3v) is 1.74. The van der Waals surface area contributed by atoms with E-state index < -0.39 is 5.97 Å². The van der Waals surface area contributed by atoms with Crippen LogP contribution in [0.2, 0.25) is 0 Å². The molecule has 1 heterocycles. The summed E-state index contributed by atoms with van der Waals surface area (Å²) in [6.45, 7) is 0. The molecular formula is C8H6N4O2. The summed E-state index contributed by atoms with van der Waals surface area (Å²) in [6, 6.07) is 6.49. The standard InChI is InChI=1S/C8H6N4O2/c13-8(14)6-4-2-1-3-5(6)7-9-11-12-10-7/h1-4H,(H,13,14)(H,9,10,11,12). The highest BCUT2D eigenvalue weighted by Crippen LogP contribution is 2.18. The zero-order chi connectivity index (χ0) is 9.97. The van der Waals surface area contributed by atoms with Crippen LogP contribution in [-0.4, -0.2) is 31.7 Å². The Balaban J connectivity index is 2.58. The number of H-pyrrole nitrogens is 1. The summed E-state index contributed by atoms with van der Waals surface area (Å²) >= 11 is 0. The van der Waals surface area contributed by atoms with Crippen molar-refractivity contribution in [2.24, 2.45) is 0 Å². The van der Waals surface area contributed by atoms with E-state index in [2.05, 4.69) is 20.6 Å². The number of hydrogen-bond acceptors (Lipinski definition) is 4. The van der Waals surface area contributed by atoms with Crippen molar-refractivity contribution in [1.29, 1.82) is 0 Å². The van der Waals surface area contributed by atoms with E-state index in [9.17, 15) is 4.79 Å². The second-order valence-electron chi connectivity index (χ2n) is 2.59. The number of nitrogens with one attached hydrogen (secondary N) is 1. The Morgan fingerprint density at radius 2 is 2.14 bits per heavy atom. The molecule has 0 aliphatic carbocycles. The van der Waals surface area contributed by atoms with Gasteiger partial charge in [-0.3, -0.25) is 0 Å². The topological polar surface area (TPSA) is 91.8 Å². The number of aromatic amines is 1. The van der Waals surface area contributed by atoms with Gasteiger partial charge >= 0.3 is 5.97 Å². The molecule has 0 saturated carbocycles. The number of aromatic nitrogens is 4. The number of rotatable bonds is 2. The first-order valence-electron chi connectivity index (χ1n) is 3.85. The van der Waals surface area contributed by atoms with E-state index in [-0.39, 0.29) is 11.4 Å². The van der Waals surface area contributed by atoms with E-state index in [4.69, 9.17) is 5.11 Å². The van der Waals surface area contributed by atoms with Crippen molar-refractivity contribution in [2.45, 2.75) is 0 Å². The summed E-state index contributed by atoms with van der Waals surface area (Å²) in [4.78, 5) is 10.8. The van der Waals surface area contributed by atoms with Gasteiger partial charge in [0.2, 0.25) is 5.82 Å². The van der Waals surface area contributed by atoms with E-state index in [0.717, 1.165) is 0 Å². The number of hydrogen-bond donors (Lipinski definition) is 2. The average Bonchev–Trinajstić information content (AvgIpc) is 2.70. The molecule has 0 atom stereocenters. The molecule has 6 heteroatoms. The summed E-state index contributed by atoms with van der Waals surface area (Å²) in [5, 5.41) is 22.0. The number of aromatic carboxylic acids is 1. The van der Waals surface area contributed by atoms with Gasteiger partial charge in [0.05, 0.1) is 5.56 Å². The average molecular weight is 190 g/mol. The van der Waals surface area contributed by atoms with Crippen LogP contribution in [0.1, 0.15) is 10.4 Å². The molecule has 2 aromatic rings. The minimum atomic E-state index is -1.01. The van der Waals surface area contributed by atoms with Crippen molar-refractivity contribution < 1.29 is 9.90 Å². The van der Waals surface area contributed by atoms with Gasteiger partial charge in [0.1, 0.15) is 0 Å². The number of tetrazole rings is 1. The lowest BCUT2D eigenvalue weighted by atomic mass is 10.1. The van der Waals surface area contributed by atoms with Gasteiger partial charge in [0.15, 0.2) is 0 Å². The number of carbonyl (C=O) groups is 1.